The number of nitrogens with one attached hydrogen (secondary N) is 1. The molecule has 7 nitrogen and oxygen atoms in total. The van der Waals surface area contributed by atoms with Crippen molar-refractivity contribution in [2.24, 2.45) is 0 Å². The highest BCUT2D eigenvalue weighted by Gasteiger charge is 2.35. The third-order valence-corrected chi connectivity index (χ3v) is 8.95. The van der Waals surface area contributed by atoms with Crippen LogP contribution in [0.4, 0.5) is 18.9 Å². The van der Waals surface area contributed by atoms with Gasteiger partial charge < -0.3 is 10.2 Å². The number of hydrogen-bond acceptors (Lipinski definition) is 4. The summed E-state index contributed by atoms with van der Waals surface area (Å²) in [4.78, 5) is 27.7. The van der Waals surface area contributed by atoms with Crippen molar-refractivity contribution in [1.82, 2.24) is 10.2 Å². The molecule has 0 aromatic heterocycles. The van der Waals surface area contributed by atoms with E-state index in [1.165, 1.54) is 37.3 Å². The van der Waals surface area contributed by atoms with Crippen LogP contribution in [0.25, 0.3) is 0 Å². The lowest BCUT2D eigenvalue weighted by atomic mass is 10.1. The Kier molecular flexibility index (Phi) is 10.9. The van der Waals surface area contributed by atoms with E-state index in [2.05, 4.69) is 5.32 Å². The van der Waals surface area contributed by atoms with Crippen molar-refractivity contribution in [1.29, 1.82) is 0 Å². The average Bonchev–Trinajstić information content (AvgIpc) is 2.93. The van der Waals surface area contributed by atoms with Crippen LogP contribution in [0, 0.1) is 6.92 Å². The number of sulfonamides is 1. The zero-order valence-corrected chi connectivity index (χ0v) is 25.4. The van der Waals surface area contributed by atoms with Crippen LogP contribution in [0.3, 0.4) is 0 Å². The molecule has 0 spiro atoms. The van der Waals surface area contributed by atoms with Gasteiger partial charge in [0.05, 0.1) is 16.1 Å². The normalized spacial score (nSPS) is 12.5. The van der Waals surface area contributed by atoms with Crippen molar-refractivity contribution >= 4 is 50.7 Å². The molecule has 0 aliphatic heterocycles. The molecule has 0 unspecified atom stereocenters. The molecule has 1 N–H and O–H groups in total. The van der Waals surface area contributed by atoms with Crippen molar-refractivity contribution in [2.45, 2.75) is 50.9 Å². The first kappa shape index (κ1) is 33.2. The Morgan fingerprint density at radius 1 is 0.976 bits per heavy atom. The Morgan fingerprint density at radius 2 is 1.57 bits per heavy atom. The van der Waals surface area contributed by atoms with Gasteiger partial charge in [-0.1, -0.05) is 60.0 Å². The van der Waals surface area contributed by atoms with Crippen molar-refractivity contribution in [3.63, 3.8) is 0 Å². The van der Waals surface area contributed by atoms with Gasteiger partial charge in [0.2, 0.25) is 11.8 Å². The Balaban J connectivity index is 2.12. The monoisotopic (exact) mass is 643 g/mol. The van der Waals surface area contributed by atoms with E-state index in [9.17, 15) is 31.2 Å². The number of carbonyl (C=O) groups is 2. The molecule has 0 bridgehead atoms. The number of rotatable bonds is 11. The molecule has 0 fully saturated rings. The lowest BCUT2D eigenvalue weighted by Crippen LogP contribution is -2.51. The summed E-state index contributed by atoms with van der Waals surface area (Å²) in [5.41, 5.74) is -0.400. The van der Waals surface area contributed by atoms with Gasteiger partial charge in [0, 0.05) is 28.7 Å². The average molecular weight is 645 g/mol. The number of anilines is 1. The number of hydrogen-bond donors (Lipinski definition) is 1. The van der Waals surface area contributed by atoms with E-state index in [1.807, 2.05) is 6.92 Å². The fourth-order valence-electron chi connectivity index (χ4n) is 4.04. The quantitative estimate of drug-likeness (QED) is 0.260. The number of alkyl halides is 3. The fraction of sp³-hybridized carbons (Fsp3) is 0.310. The van der Waals surface area contributed by atoms with Crippen LogP contribution in [0.1, 0.15) is 37.0 Å². The second-order valence-corrected chi connectivity index (χ2v) is 12.2. The van der Waals surface area contributed by atoms with Gasteiger partial charge in [-0.25, -0.2) is 8.42 Å². The Labute approximate surface area is 253 Å². The minimum atomic E-state index is -4.77. The number of benzene rings is 3. The highest BCUT2D eigenvalue weighted by Crippen LogP contribution is 2.34. The van der Waals surface area contributed by atoms with Crippen LogP contribution >= 0.6 is 23.2 Å². The highest BCUT2D eigenvalue weighted by atomic mass is 35.5. The van der Waals surface area contributed by atoms with Crippen LogP contribution in [0.5, 0.6) is 0 Å². The molecule has 0 saturated carbocycles. The molecule has 0 aliphatic rings. The first-order chi connectivity index (χ1) is 19.7. The molecular weight excluding hydrogens is 614 g/mol. The van der Waals surface area contributed by atoms with Crippen LogP contribution in [-0.4, -0.2) is 44.3 Å². The molecule has 3 aromatic rings. The first-order valence-corrected chi connectivity index (χ1v) is 15.1. The molecule has 13 heteroatoms. The van der Waals surface area contributed by atoms with Crippen molar-refractivity contribution < 1.29 is 31.2 Å². The molecule has 1 atom stereocenters. The molecular formula is C29H30Cl2F3N3O4S. The first-order valence-electron chi connectivity index (χ1n) is 12.9. The molecule has 2 amide bonds. The van der Waals surface area contributed by atoms with Crippen LogP contribution < -0.4 is 9.62 Å². The molecule has 3 aromatic carbocycles. The van der Waals surface area contributed by atoms with Crippen molar-refractivity contribution in [3.05, 3.63) is 93.5 Å². The fourth-order valence-corrected chi connectivity index (χ4v) is 5.96. The Bertz CT molecular complexity index is 1510. The molecule has 3 rings (SSSR count). The van der Waals surface area contributed by atoms with Gasteiger partial charge in [-0.05, 0) is 62.7 Å². The van der Waals surface area contributed by atoms with E-state index in [-0.39, 0.29) is 27.2 Å². The Morgan fingerprint density at radius 3 is 2.14 bits per heavy atom. The third-order valence-electron chi connectivity index (χ3n) is 6.46. The van der Waals surface area contributed by atoms with Gasteiger partial charge in [0.25, 0.3) is 10.0 Å². The summed E-state index contributed by atoms with van der Waals surface area (Å²) in [5, 5.41) is 3.12. The predicted molar refractivity (Wildman–Crippen MR) is 157 cm³/mol. The van der Waals surface area contributed by atoms with Crippen LogP contribution in [0.15, 0.2) is 71.6 Å². The minimum Gasteiger partial charge on any atom is -0.354 e. The van der Waals surface area contributed by atoms with E-state index >= 15 is 0 Å². The van der Waals surface area contributed by atoms with E-state index < -0.39 is 46.2 Å². The van der Waals surface area contributed by atoms with Gasteiger partial charge in [0.15, 0.2) is 0 Å². The van der Waals surface area contributed by atoms with Gasteiger partial charge >= 0.3 is 6.18 Å². The van der Waals surface area contributed by atoms with Crippen molar-refractivity contribution in [3.8, 4) is 0 Å². The van der Waals surface area contributed by atoms with Gasteiger partial charge in [-0.15, -0.1) is 0 Å². The molecule has 0 heterocycles. The van der Waals surface area contributed by atoms with E-state index in [1.54, 1.807) is 25.1 Å². The SMILES string of the molecule is CCCNC(=O)[C@@H](C)N(Cc1c(Cl)cccc1Cl)C(=O)CN(c1cccc(C(F)(F)F)c1)S(=O)(=O)c1ccc(C)cc1. The summed E-state index contributed by atoms with van der Waals surface area (Å²) in [6.45, 7) is 4.20. The smallest absolute Gasteiger partial charge is 0.354 e. The van der Waals surface area contributed by atoms with Crippen LogP contribution in [-0.2, 0) is 32.3 Å². The number of aryl methyl sites for hydroxylation is 1. The second kappa shape index (κ2) is 13.8. The maximum absolute atomic E-state index is 13.9. The summed E-state index contributed by atoms with van der Waals surface area (Å²) < 4.78 is 69.0. The number of amides is 2. The summed E-state index contributed by atoms with van der Waals surface area (Å²) in [5.74, 6) is -1.38. The summed E-state index contributed by atoms with van der Waals surface area (Å²) in [6, 6.07) is 12.9. The molecule has 0 saturated heterocycles. The second-order valence-electron chi connectivity index (χ2n) is 9.56. The summed E-state index contributed by atoms with van der Waals surface area (Å²) in [6.07, 6.45) is -4.14. The zero-order chi connectivity index (χ0) is 31.2. The van der Waals surface area contributed by atoms with Crippen molar-refractivity contribution in [2.75, 3.05) is 17.4 Å². The zero-order valence-electron chi connectivity index (χ0n) is 23.1. The summed E-state index contributed by atoms with van der Waals surface area (Å²) in [7, 11) is -4.55. The van der Waals surface area contributed by atoms with E-state index in [0.717, 1.165) is 22.6 Å². The lowest BCUT2D eigenvalue weighted by Gasteiger charge is -2.32. The molecule has 0 aliphatic carbocycles. The van der Waals surface area contributed by atoms with Gasteiger partial charge in [-0.3, -0.25) is 13.9 Å². The van der Waals surface area contributed by atoms with Gasteiger partial charge in [0.1, 0.15) is 12.6 Å². The minimum absolute atomic E-state index is 0.212. The standard InChI is InChI=1S/C29H30Cl2F3N3O4S/c1-4-15-35-28(39)20(3)36(17-24-25(30)9-6-10-26(24)31)27(38)18-37(22-8-5-7-21(16-22)29(32,33)34)42(40,41)23-13-11-19(2)12-14-23/h5-14,16,20H,4,15,17-18H2,1-3H3,(H,35,39)/t20-/m1/s1. The Hall–Kier alpha value is -3.28. The molecule has 42 heavy (non-hydrogen) atoms. The van der Waals surface area contributed by atoms with E-state index in [4.69, 9.17) is 23.2 Å². The maximum Gasteiger partial charge on any atom is 0.416 e. The number of nitrogens with zero attached hydrogens (tertiary/aromatic N) is 2. The molecule has 0 radical (unpaired) electrons. The predicted octanol–water partition coefficient (Wildman–Crippen LogP) is 6.46. The van der Waals surface area contributed by atoms with E-state index in [0.29, 0.717) is 28.9 Å². The topological polar surface area (TPSA) is 86.8 Å². The van der Waals surface area contributed by atoms with Gasteiger partial charge in [-0.2, -0.15) is 13.2 Å². The number of halogens is 5. The number of carbonyl (C=O) groups excluding carboxylic acids is 2. The highest BCUT2D eigenvalue weighted by molar-refractivity contribution is 7.92. The summed E-state index contributed by atoms with van der Waals surface area (Å²) >= 11 is 12.7. The largest absolute Gasteiger partial charge is 0.416 e. The lowest BCUT2D eigenvalue weighted by molar-refractivity contribution is -0.139. The maximum atomic E-state index is 13.9. The molecule has 226 valence electrons. The van der Waals surface area contributed by atoms with Crippen LogP contribution in [0.2, 0.25) is 10.0 Å². The third kappa shape index (κ3) is 7.96.